The fourth-order valence-electron chi connectivity index (χ4n) is 2.74. The van der Waals surface area contributed by atoms with Crippen LogP contribution in [0.5, 0.6) is 11.5 Å². The van der Waals surface area contributed by atoms with Crippen molar-refractivity contribution in [1.29, 1.82) is 0 Å². The first kappa shape index (κ1) is 23.0. The number of amides is 1. The van der Waals surface area contributed by atoms with Crippen molar-refractivity contribution in [2.75, 3.05) is 19.0 Å². The molecule has 2 rings (SSSR count). The summed E-state index contributed by atoms with van der Waals surface area (Å²) in [4.78, 5) is 24.4. The molecule has 0 bridgehead atoms. The molecule has 0 unspecified atom stereocenters. The summed E-state index contributed by atoms with van der Waals surface area (Å²) >= 11 is 0. The number of anilines is 1. The predicted octanol–water partition coefficient (Wildman–Crippen LogP) is 4.68. The Morgan fingerprint density at radius 3 is 2.53 bits per heavy atom. The highest BCUT2D eigenvalue weighted by molar-refractivity contribution is 5.97. The predicted molar refractivity (Wildman–Crippen MR) is 118 cm³/mol. The molecule has 0 aromatic heterocycles. The third-order valence-corrected chi connectivity index (χ3v) is 4.36. The van der Waals surface area contributed by atoms with Gasteiger partial charge in [0.05, 0.1) is 13.7 Å². The third kappa shape index (κ3) is 6.65. The molecule has 1 amide bonds. The molecule has 0 heterocycles. The standard InChI is InChI=1S/C24H29NO5/c1-6-13-29-21-11-8-19(15-22(21)28-5)9-12-23(26)30-18(4)24(27)25-20-10-7-16(2)14-17(20)3/h7-12,14-15,18H,6,13H2,1-5H3,(H,25,27)/b12-9+/t18-/m1/s1. The SMILES string of the molecule is CCCOc1ccc(/C=C/C(=O)O[C@H](C)C(=O)Nc2ccc(C)cc2C)cc1OC. The first-order valence-electron chi connectivity index (χ1n) is 9.91. The van der Waals surface area contributed by atoms with Crippen molar-refractivity contribution < 1.29 is 23.8 Å². The quantitative estimate of drug-likeness (QED) is 0.479. The van der Waals surface area contributed by atoms with E-state index in [-0.39, 0.29) is 5.91 Å². The molecule has 0 radical (unpaired) electrons. The number of benzene rings is 2. The zero-order valence-corrected chi connectivity index (χ0v) is 18.2. The van der Waals surface area contributed by atoms with Crippen molar-refractivity contribution in [3.05, 3.63) is 59.2 Å². The summed E-state index contributed by atoms with van der Waals surface area (Å²) in [6, 6.07) is 11.1. The molecule has 0 aliphatic rings. The number of carbonyl (C=O) groups excluding carboxylic acids is 2. The van der Waals surface area contributed by atoms with Crippen LogP contribution in [0, 0.1) is 13.8 Å². The minimum Gasteiger partial charge on any atom is -0.493 e. The van der Waals surface area contributed by atoms with E-state index in [9.17, 15) is 9.59 Å². The summed E-state index contributed by atoms with van der Waals surface area (Å²) in [5.41, 5.74) is 3.50. The van der Waals surface area contributed by atoms with Crippen molar-refractivity contribution in [2.45, 2.75) is 40.2 Å². The van der Waals surface area contributed by atoms with Gasteiger partial charge in [0.25, 0.3) is 5.91 Å². The Morgan fingerprint density at radius 2 is 1.87 bits per heavy atom. The normalized spacial score (nSPS) is 11.8. The molecular formula is C24H29NO5. The van der Waals surface area contributed by atoms with Gasteiger partial charge in [-0.1, -0.05) is 30.7 Å². The van der Waals surface area contributed by atoms with E-state index >= 15 is 0 Å². The van der Waals surface area contributed by atoms with Gasteiger partial charge in [-0.15, -0.1) is 0 Å². The minimum absolute atomic E-state index is 0.386. The summed E-state index contributed by atoms with van der Waals surface area (Å²) < 4.78 is 16.2. The number of carbonyl (C=O) groups is 2. The summed E-state index contributed by atoms with van der Waals surface area (Å²) in [7, 11) is 1.56. The van der Waals surface area contributed by atoms with Gasteiger partial charge in [-0.2, -0.15) is 0 Å². The summed E-state index contributed by atoms with van der Waals surface area (Å²) in [5.74, 6) is 0.238. The second-order valence-electron chi connectivity index (χ2n) is 6.98. The Balaban J connectivity index is 1.95. The molecule has 0 saturated carbocycles. The Bertz CT molecular complexity index is 920. The number of rotatable bonds is 9. The lowest BCUT2D eigenvalue weighted by molar-refractivity contribution is -0.148. The van der Waals surface area contributed by atoms with E-state index in [1.807, 2.05) is 45.0 Å². The van der Waals surface area contributed by atoms with E-state index in [0.717, 1.165) is 23.1 Å². The number of ether oxygens (including phenoxy) is 3. The second-order valence-corrected chi connectivity index (χ2v) is 6.98. The maximum atomic E-state index is 12.3. The van der Waals surface area contributed by atoms with Gasteiger partial charge in [-0.05, 0) is 62.6 Å². The largest absolute Gasteiger partial charge is 0.493 e. The van der Waals surface area contributed by atoms with Crippen LogP contribution in [0.3, 0.4) is 0 Å². The van der Waals surface area contributed by atoms with Crippen LogP contribution in [0.25, 0.3) is 6.08 Å². The van der Waals surface area contributed by atoms with Crippen molar-refractivity contribution in [3.63, 3.8) is 0 Å². The molecule has 2 aromatic carbocycles. The fraction of sp³-hybridized carbons (Fsp3) is 0.333. The maximum Gasteiger partial charge on any atom is 0.331 e. The number of hydrogen-bond donors (Lipinski definition) is 1. The molecule has 0 aliphatic heterocycles. The lowest BCUT2D eigenvalue weighted by Gasteiger charge is -2.14. The van der Waals surface area contributed by atoms with E-state index in [1.54, 1.807) is 25.3 Å². The Kier molecular flexibility index (Phi) is 8.47. The van der Waals surface area contributed by atoms with Crippen LogP contribution in [-0.2, 0) is 14.3 Å². The van der Waals surface area contributed by atoms with E-state index < -0.39 is 12.1 Å². The number of esters is 1. The van der Waals surface area contributed by atoms with Crippen LogP contribution in [-0.4, -0.2) is 31.7 Å². The van der Waals surface area contributed by atoms with Crippen LogP contribution in [0.15, 0.2) is 42.5 Å². The molecule has 0 saturated heterocycles. The Hall–Kier alpha value is -3.28. The van der Waals surface area contributed by atoms with Gasteiger partial charge in [0.2, 0.25) is 0 Å². The lowest BCUT2D eigenvalue weighted by Crippen LogP contribution is -2.29. The molecule has 160 valence electrons. The molecule has 2 aromatic rings. The van der Waals surface area contributed by atoms with Crippen LogP contribution >= 0.6 is 0 Å². The third-order valence-electron chi connectivity index (χ3n) is 4.36. The highest BCUT2D eigenvalue weighted by atomic mass is 16.5. The number of hydrogen-bond acceptors (Lipinski definition) is 5. The van der Waals surface area contributed by atoms with E-state index in [1.165, 1.54) is 13.0 Å². The van der Waals surface area contributed by atoms with Crippen molar-refractivity contribution in [2.24, 2.45) is 0 Å². The minimum atomic E-state index is -0.929. The smallest absolute Gasteiger partial charge is 0.331 e. The molecule has 0 fully saturated rings. The molecule has 0 spiro atoms. The zero-order chi connectivity index (χ0) is 22.1. The van der Waals surface area contributed by atoms with Crippen LogP contribution in [0.2, 0.25) is 0 Å². The van der Waals surface area contributed by atoms with Crippen LogP contribution < -0.4 is 14.8 Å². The maximum absolute atomic E-state index is 12.3. The van der Waals surface area contributed by atoms with Crippen molar-refractivity contribution in [1.82, 2.24) is 0 Å². The highest BCUT2D eigenvalue weighted by Gasteiger charge is 2.17. The number of methoxy groups -OCH3 is 1. The first-order chi connectivity index (χ1) is 14.3. The van der Waals surface area contributed by atoms with Gasteiger partial charge in [-0.25, -0.2) is 4.79 Å². The van der Waals surface area contributed by atoms with Crippen molar-refractivity contribution >= 4 is 23.6 Å². The monoisotopic (exact) mass is 411 g/mol. The lowest BCUT2D eigenvalue weighted by atomic mass is 10.1. The average Bonchev–Trinajstić information content (AvgIpc) is 2.72. The summed E-state index contributed by atoms with van der Waals surface area (Å²) in [6.45, 7) is 8.05. The van der Waals surface area contributed by atoms with Gasteiger partial charge >= 0.3 is 5.97 Å². The average molecular weight is 411 g/mol. The highest BCUT2D eigenvalue weighted by Crippen LogP contribution is 2.28. The molecule has 30 heavy (non-hydrogen) atoms. The van der Waals surface area contributed by atoms with Gasteiger partial charge in [-0.3, -0.25) is 4.79 Å². The zero-order valence-electron chi connectivity index (χ0n) is 18.2. The van der Waals surface area contributed by atoms with Gasteiger partial charge in [0.15, 0.2) is 17.6 Å². The molecule has 0 aliphatic carbocycles. The molecule has 6 heteroatoms. The van der Waals surface area contributed by atoms with Crippen LogP contribution in [0.4, 0.5) is 5.69 Å². The molecule has 1 atom stereocenters. The molecule has 6 nitrogen and oxygen atoms in total. The first-order valence-corrected chi connectivity index (χ1v) is 9.91. The van der Waals surface area contributed by atoms with E-state index in [4.69, 9.17) is 14.2 Å². The fourth-order valence-corrected chi connectivity index (χ4v) is 2.74. The number of aryl methyl sites for hydroxylation is 2. The van der Waals surface area contributed by atoms with Crippen LogP contribution in [0.1, 0.15) is 37.0 Å². The van der Waals surface area contributed by atoms with E-state index in [0.29, 0.717) is 23.8 Å². The van der Waals surface area contributed by atoms with Crippen molar-refractivity contribution in [3.8, 4) is 11.5 Å². The topological polar surface area (TPSA) is 73.9 Å². The van der Waals surface area contributed by atoms with E-state index in [2.05, 4.69) is 5.32 Å². The molecular weight excluding hydrogens is 382 g/mol. The van der Waals surface area contributed by atoms with Gasteiger partial charge in [0, 0.05) is 11.8 Å². The Labute approximate surface area is 177 Å². The van der Waals surface area contributed by atoms with Gasteiger partial charge in [0.1, 0.15) is 0 Å². The number of nitrogens with one attached hydrogen (secondary N) is 1. The van der Waals surface area contributed by atoms with Gasteiger partial charge < -0.3 is 19.5 Å². The second kappa shape index (κ2) is 11.0. The molecule has 1 N–H and O–H groups in total. The summed E-state index contributed by atoms with van der Waals surface area (Å²) in [6.07, 6.45) is 2.85. The Morgan fingerprint density at radius 1 is 1.10 bits per heavy atom. The summed E-state index contributed by atoms with van der Waals surface area (Å²) in [5, 5.41) is 2.78.